The molecule has 5 rings (SSSR count). The number of carbonyl (C=O) groups excluding carboxylic acids is 2. The second-order valence-corrected chi connectivity index (χ2v) is 9.10. The molecule has 0 unspecified atom stereocenters. The summed E-state index contributed by atoms with van der Waals surface area (Å²) in [6, 6.07) is 18.6. The number of carbonyl (C=O) groups is 2. The Morgan fingerprint density at radius 2 is 1.74 bits per heavy atom. The summed E-state index contributed by atoms with van der Waals surface area (Å²) in [6.07, 6.45) is 0.556. The molecule has 202 valence electrons. The van der Waals surface area contributed by atoms with Crippen molar-refractivity contribution in [3.63, 3.8) is 0 Å². The number of esters is 1. The molecule has 4 aromatic rings. The van der Waals surface area contributed by atoms with Crippen molar-refractivity contribution in [1.29, 1.82) is 0 Å². The number of benzene rings is 2. The Labute approximate surface area is 226 Å². The van der Waals surface area contributed by atoms with Crippen LogP contribution in [0.25, 0.3) is 5.65 Å². The Kier molecular flexibility index (Phi) is 7.86. The lowest BCUT2D eigenvalue weighted by atomic mass is 10.2. The first kappa shape index (κ1) is 26.0. The van der Waals surface area contributed by atoms with Gasteiger partial charge in [-0.25, -0.2) is 4.79 Å². The van der Waals surface area contributed by atoms with Gasteiger partial charge in [0.05, 0.1) is 19.3 Å². The molecule has 1 saturated heterocycles. The third-order valence-electron chi connectivity index (χ3n) is 6.57. The van der Waals surface area contributed by atoms with Crippen LogP contribution in [0.15, 0.2) is 60.7 Å². The zero-order chi connectivity index (χ0) is 27.2. The SMILES string of the molecule is CCOC(=O)c1cccc(NC(=O)CCc2nnc3ccc(N4CCN(c5cccc(OC)c5)CC4)nn23)c1. The topological polar surface area (TPSA) is 114 Å². The highest BCUT2D eigenvalue weighted by atomic mass is 16.5. The molecule has 39 heavy (non-hydrogen) atoms. The zero-order valence-electron chi connectivity index (χ0n) is 22.0. The smallest absolute Gasteiger partial charge is 0.338 e. The predicted molar refractivity (Wildman–Crippen MR) is 148 cm³/mol. The predicted octanol–water partition coefficient (Wildman–Crippen LogP) is 3.21. The molecule has 0 aliphatic carbocycles. The number of nitrogens with one attached hydrogen (secondary N) is 1. The summed E-state index contributed by atoms with van der Waals surface area (Å²) in [6.45, 7) is 5.40. The Balaban J connectivity index is 1.20. The minimum Gasteiger partial charge on any atom is -0.497 e. The summed E-state index contributed by atoms with van der Waals surface area (Å²) >= 11 is 0. The van der Waals surface area contributed by atoms with Crippen LogP contribution in [0.3, 0.4) is 0 Å². The number of piperazine rings is 1. The minimum absolute atomic E-state index is 0.190. The maximum atomic E-state index is 12.6. The quantitative estimate of drug-likeness (QED) is 0.327. The van der Waals surface area contributed by atoms with E-state index in [0.717, 1.165) is 43.4 Å². The summed E-state index contributed by atoms with van der Waals surface area (Å²) in [4.78, 5) is 29.2. The molecule has 1 N–H and O–H groups in total. The number of ether oxygens (including phenoxy) is 2. The van der Waals surface area contributed by atoms with E-state index in [1.807, 2.05) is 24.3 Å². The maximum Gasteiger partial charge on any atom is 0.338 e. The number of anilines is 3. The molecule has 1 aliphatic rings. The van der Waals surface area contributed by atoms with Crippen LogP contribution in [0, 0.1) is 0 Å². The van der Waals surface area contributed by atoms with E-state index in [2.05, 4.69) is 37.4 Å². The number of hydrogen-bond acceptors (Lipinski definition) is 9. The van der Waals surface area contributed by atoms with Crippen LogP contribution in [0.5, 0.6) is 5.75 Å². The van der Waals surface area contributed by atoms with E-state index < -0.39 is 5.97 Å². The van der Waals surface area contributed by atoms with Gasteiger partial charge in [0.1, 0.15) is 11.6 Å². The first-order valence-corrected chi connectivity index (χ1v) is 13.0. The number of methoxy groups -OCH3 is 1. The summed E-state index contributed by atoms with van der Waals surface area (Å²) in [5.74, 6) is 1.68. The number of aromatic nitrogens is 4. The van der Waals surface area contributed by atoms with Crippen molar-refractivity contribution >= 4 is 34.7 Å². The zero-order valence-corrected chi connectivity index (χ0v) is 22.0. The highest BCUT2D eigenvalue weighted by Gasteiger charge is 2.20. The van der Waals surface area contributed by atoms with Gasteiger partial charge in [-0.15, -0.1) is 15.3 Å². The van der Waals surface area contributed by atoms with E-state index >= 15 is 0 Å². The summed E-state index contributed by atoms with van der Waals surface area (Å²) in [5, 5.41) is 16.1. The van der Waals surface area contributed by atoms with Gasteiger partial charge in [-0.1, -0.05) is 12.1 Å². The van der Waals surface area contributed by atoms with E-state index in [0.29, 0.717) is 29.1 Å². The maximum absolute atomic E-state index is 12.6. The Morgan fingerprint density at radius 3 is 2.54 bits per heavy atom. The Bertz CT molecular complexity index is 1460. The first-order chi connectivity index (χ1) is 19.0. The van der Waals surface area contributed by atoms with Crippen molar-refractivity contribution in [3.8, 4) is 5.75 Å². The van der Waals surface area contributed by atoms with Gasteiger partial charge in [0, 0.05) is 56.5 Å². The molecule has 11 heteroatoms. The van der Waals surface area contributed by atoms with Crippen LogP contribution < -0.4 is 19.9 Å². The molecule has 0 bridgehead atoms. The molecule has 11 nitrogen and oxygen atoms in total. The lowest BCUT2D eigenvalue weighted by Gasteiger charge is -2.36. The van der Waals surface area contributed by atoms with Crippen LogP contribution in [-0.2, 0) is 16.0 Å². The number of hydrogen-bond donors (Lipinski definition) is 1. The van der Waals surface area contributed by atoms with Gasteiger partial charge >= 0.3 is 5.97 Å². The molecule has 2 aromatic heterocycles. The van der Waals surface area contributed by atoms with Crippen LogP contribution >= 0.6 is 0 Å². The molecule has 1 fully saturated rings. The molecular weight excluding hydrogens is 498 g/mol. The van der Waals surface area contributed by atoms with Crippen LogP contribution in [0.2, 0.25) is 0 Å². The van der Waals surface area contributed by atoms with E-state index in [9.17, 15) is 9.59 Å². The van der Waals surface area contributed by atoms with E-state index in [1.54, 1.807) is 42.8 Å². The summed E-state index contributed by atoms with van der Waals surface area (Å²) < 4.78 is 12.1. The molecule has 0 atom stereocenters. The average molecular weight is 530 g/mol. The lowest BCUT2D eigenvalue weighted by molar-refractivity contribution is -0.116. The molecule has 1 aliphatic heterocycles. The number of rotatable bonds is 9. The molecule has 0 saturated carbocycles. The van der Waals surface area contributed by atoms with Crippen molar-refractivity contribution in [1.82, 2.24) is 19.8 Å². The van der Waals surface area contributed by atoms with Gasteiger partial charge in [0.25, 0.3) is 0 Å². The van der Waals surface area contributed by atoms with E-state index in [4.69, 9.17) is 14.6 Å². The fourth-order valence-corrected chi connectivity index (χ4v) is 4.54. The van der Waals surface area contributed by atoms with E-state index in [-0.39, 0.29) is 18.9 Å². The molecule has 0 spiro atoms. The van der Waals surface area contributed by atoms with Crippen LogP contribution in [-0.4, -0.2) is 71.6 Å². The average Bonchev–Trinajstić information content (AvgIpc) is 3.38. The lowest BCUT2D eigenvalue weighted by Crippen LogP contribution is -2.47. The molecule has 0 radical (unpaired) electrons. The van der Waals surface area contributed by atoms with Gasteiger partial charge in [-0.2, -0.15) is 4.52 Å². The number of amides is 1. The monoisotopic (exact) mass is 529 g/mol. The Morgan fingerprint density at radius 1 is 0.949 bits per heavy atom. The van der Waals surface area contributed by atoms with Crippen LogP contribution in [0.1, 0.15) is 29.5 Å². The van der Waals surface area contributed by atoms with Crippen molar-refractivity contribution in [2.24, 2.45) is 0 Å². The fraction of sp³-hybridized carbons (Fsp3) is 0.321. The number of fused-ring (bicyclic) bond motifs is 1. The van der Waals surface area contributed by atoms with Crippen molar-refractivity contribution in [2.45, 2.75) is 19.8 Å². The standard InChI is InChI=1S/C28H31N7O4/c1-3-39-28(37)20-6-4-7-21(18-20)29-27(36)13-12-25-31-30-24-10-11-26(32-35(24)25)34-16-14-33(15-17-34)22-8-5-9-23(19-22)38-2/h4-11,18-19H,3,12-17H2,1-2H3,(H,29,36). The molecule has 1 amide bonds. The number of nitrogens with zero attached hydrogens (tertiary/aromatic N) is 6. The molecule has 2 aromatic carbocycles. The van der Waals surface area contributed by atoms with Crippen molar-refractivity contribution in [2.75, 3.05) is 55.0 Å². The molecule has 3 heterocycles. The summed E-state index contributed by atoms with van der Waals surface area (Å²) in [7, 11) is 1.68. The largest absolute Gasteiger partial charge is 0.497 e. The fourth-order valence-electron chi connectivity index (χ4n) is 4.54. The second kappa shape index (κ2) is 11.8. The minimum atomic E-state index is -0.424. The first-order valence-electron chi connectivity index (χ1n) is 13.0. The van der Waals surface area contributed by atoms with Gasteiger partial charge in [-0.05, 0) is 49.4 Å². The second-order valence-electron chi connectivity index (χ2n) is 9.10. The van der Waals surface area contributed by atoms with Crippen molar-refractivity contribution < 1.29 is 19.1 Å². The third kappa shape index (κ3) is 6.08. The van der Waals surface area contributed by atoms with Crippen molar-refractivity contribution in [3.05, 3.63) is 72.1 Å². The third-order valence-corrected chi connectivity index (χ3v) is 6.57. The van der Waals surface area contributed by atoms with Gasteiger partial charge in [-0.3, -0.25) is 4.79 Å². The van der Waals surface area contributed by atoms with Crippen LogP contribution in [0.4, 0.5) is 17.2 Å². The van der Waals surface area contributed by atoms with Gasteiger partial charge in [0.2, 0.25) is 5.91 Å². The van der Waals surface area contributed by atoms with Gasteiger partial charge in [0.15, 0.2) is 11.5 Å². The molecular formula is C28H31N7O4. The van der Waals surface area contributed by atoms with E-state index in [1.165, 1.54) is 0 Å². The normalized spacial score (nSPS) is 13.4. The highest BCUT2D eigenvalue weighted by Crippen LogP contribution is 2.23. The number of aryl methyl sites for hydroxylation is 1. The Hall–Kier alpha value is -4.67. The van der Waals surface area contributed by atoms with Gasteiger partial charge < -0.3 is 24.6 Å². The summed E-state index contributed by atoms with van der Waals surface area (Å²) in [5.41, 5.74) is 2.69. The highest BCUT2D eigenvalue weighted by molar-refractivity contribution is 5.94.